The zero-order valence-corrected chi connectivity index (χ0v) is 10.4. The third kappa shape index (κ3) is 25.0. The Labute approximate surface area is 101 Å². The van der Waals surface area contributed by atoms with E-state index in [1.165, 1.54) is 6.92 Å². The third-order valence-electron chi connectivity index (χ3n) is 1.29. The van der Waals surface area contributed by atoms with Gasteiger partial charge < -0.3 is 21.1 Å². The number of rotatable bonds is 3. The summed E-state index contributed by atoms with van der Waals surface area (Å²) in [5, 5.41) is 23.1. The quantitative estimate of drug-likeness (QED) is 0.525. The zero-order valence-electron chi connectivity index (χ0n) is 10.4. The van der Waals surface area contributed by atoms with Crippen LogP contribution in [0, 0.1) is 0 Å². The first-order valence-corrected chi connectivity index (χ1v) is 4.77. The number of primary amides is 1. The molecule has 0 heterocycles. The highest BCUT2D eigenvalue weighted by molar-refractivity contribution is 5.91. The van der Waals surface area contributed by atoms with Gasteiger partial charge in [-0.25, -0.2) is 4.79 Å². The van der Waals surface area contributed by atoms with Gasteiger partial charge in [-0.1, -0.05) is 12.7 Å². The van der Waals surface area contributed by atoms with Gasteiger partial charge in [-0.15, -0.1) is 0 Å². The number of aliphatic hydroxyl groups excluding tert-OH is 2. The summed E-state index contributed by atoms with van der Waals surface area (Å²) in [6, 6.07) is 0. The molecule has 0 aliphatic rings. The number of nitrogens with two attached hydrogens (primary N) is 1. The lowest BCUT2D eigenvalue weighted by atomic mass is 10.3. The topological polar surface area (TPSA) is 121 Å². The number of carboxylic acid groups (broad SMARTS) is 1. The average Bonchev–Trinajstić information content (AvgIpc) is 2.28. The molecule has 0 saturated carbocycles. The minimum absolute atomic E-state index is 0.125. The number of aliphatic carboxylic acids is 1. The predicted molar refractivity (Wildman–Crippen MR) is 65.2 cm³/mol. The normalized spacial score (nSPS) is 9.12. The lowest BCUT2D eigenvalue weighted by Gasteiger charge is -1.85. The molecule has 0 bridgehead atoms. The smallest absolute Gasteiger partial charge is 0.330 e. The Morgan fingerprint density at radius 3 is 1.53 bits per heavy atom. The fourth-order valence-corrected chi connectivity index (χ4v) is 0.142. The molecule has 17 heavy (non-hydrogen) atoms. The molecule has 0 aliphatic heterocycles. The summed E-state index contributed by atoms with van der Waals surface area (Å²) < 4.78 is 0. The molecule has 0 spiro atoms. The maximum Gasteiger partial charge on any atom is 0.330 e. The summed E-state index contributed by atoms with van der Waals surface area (Å²) in [5.74, 6) is -1.28. The van der Waals surface area contributed by atoms with Gasteiger partial charge in [0.1, 0.15) is 0 Å². The largest absolute Gasteiger partial charge is 0.478 e. The zero-order chi connectivity index (χ0) is 14.4. The van der Waals surface area contributed by atoms with Crippen LogP contribution >= 0.6 is 0 Å². The monoisotopic (exact) mass is 247 g/mol. The molecule has 1 amide bonds. The van der Waals surface area contributed by atoms with E-state index in [1.807, 2.05) is 0 Å². The van der Waals surface area contributed by atoms with Crippen LogP contribution in [0.2, 0.25) is 0 Å². The second-order valence-corrected chi connectivity index (χ2v) is 2.87. The van der Waals surface area contributed by atoms with Gasteiger partial charge in [0.15, 0.2) is 0 Å². The Morgan fingerprint density at radius 1 is 1.24 bits per heavy atom. The molecule has 6 heteroatoms. The van der Waals surface area contributed by atoms with Crippen molar-refractivity contribution in [2.75, 3.05) is 13.2 Å². The average molecular weight is 247 g/mol. The number of allylic oxidation sites excluding steroid dienone is 1. The SMILES string of the molecule is C=C(C)C(=O)O.CC=C(C)C(N)=O.OCCO. The van der Waals surface area contributed by atoms with Crippen LogP contribution < -0.4 is 5.73 Å². The van der Waals surface area contributed by atoms with Gasteiger partial charge in [0, 0.05) is 11.1 Å². The highest BCUT2D eigenvalue weighted by Gasteiger charge is 1.90. The maximum absolute atomic E-state index is 10.1. The van der Waals surface area contributed by atoms with E-state index in [9.17, 15) is 9.59 Å². The molecule has 5 N–H and O–H groups in total. The lowest BCUT2D eigenvalue weighted by molar-refractivity contribution is -0.132. The molecule has 0 aromatic rings. The Balaban J connectivity index is -0.000000180. The summed E-state index contributed by atoms with van der Waals surface area (Å²) in [6.07, 6.45) is 1.68. The fourth-order valence-electron chi connectivity index (χ4n) is 0.142. The van der Waals surface area contributed by atoms with Crippen LogP contribution in [-0.4, -0.2) is 40.4 Å². The van der Waals surface area contributed by atoms with Gasteiger partial charge in [-0.3, -0.25) is 4.79 Å². The number of carbonyl (C=O) groups is 2. The second-order valence-electron chi connectivity index (χ2n) is 2.87. The van der Waals surface area contributed by atoms with Crippen LogP contribution in [-0.2, 0) is 9.59 Å². The Hall–Kier alpha value is -1.66. The molecule has 0 aromatic carbocycles. The van der Waals surface area contributed by atoms with E-state index in [-0.39, 0.29) is 24.7 Å². The van der Waals surface area contributed by atoms with Gasteiger partial charge in [0.05, 0.1) is 13.2 Å². The number of hydrogen-bond acceptors (Lipinski definition) is 4. The minimum atomic E-state index is -0.935. The van der Waals surface area contributed by atoms with Crippen molar-refractivity contribution < 1.29 is 24.9 Å². The molecule has 0 fully saturated rings. The van der Waals surface area contributed by atoms with Crippen molar-refractivity contribution in [3.05, 3.63) is 23.8 Å². The van der Waals surface area contributed by atoms with E-state index in [0.717, 1.165) is 0 Å². The third-order valence-corrected chi connectivity index (χ3v) is 1.29. The van der Waals surface area contributed by atoms with E-state index in [2.05, 4.69) is 6.58 Å². The molecular formula is C11H21NO5. The van der Waals surface area contributed by atoms with Crippen molar-refractivity contribution in [1.82, 2.24) is 0 Å². The molecule has 0 saturated heterocycles. The van der Waals surface area contributed by atoms with Crippen molar-refractivity contribution >= 4 is 11.9 Å². The highest BCUT2D eigenvalue weighted by atomic mass is 16.4. The van der Waals surface area contributed by atoms with Gasteiger partial charge >= 0.3 is 5.97 Å². The second kappa shape index (κ2) is 14.3. The van der Waals surface area contributed by atoms with E-state index in [0.29, 0.717) is 5.57 Å². The number of amides is 1. The minimum Gasteiger partial charge on any atom is -0.478 e. The Kier molecular flexibility index (Phi) is 17.5. The molecule has 6 nitrogen and oxygen atoms in total. The molecule has 0 radical (unpaired) electrons. The first-order valence-electron chi connectivity index (χ1n) is 4.77. The molecular weight excluding hydrogens is 226 g/mol. The van der Waals surface area contributed by atoms with Crippen molar-refractivity contribution in [2.24, 2.45) is 5.73 Å². The van der Waals surface area contributed by atoms with E-state index in [4.69, 9.17) is 21.1 Å². The number of carboxylic acids is 1. The highest BCUT2D eigenvalue weighted by Crippen LogP contribution is 1.85. The van der Waals surface area contributed by atoms with Crippen molar-refractivity contribution in [1.29, 1.82) is 0 Å². The lowest BCUT2D eigenvalue weighted by Crippen LogP contribution is -2.10. The number of carbonyl (C=O) groups excluding carboxylic acids is 1. The van der Waals surface area contributed by atoms with Crippen LogP contribution in [0.3, 0.4) is 0 Å². The van der Waals surface area contributed by atoms with Crippen LogP contribution in [0.5, 0.6) is 0 Å². The van der Waals surface area contributed by atoms with E-state index < -0.39 is 5.97 Å². The molecule has 0 atom stereocenters. The summed E-state index contributed by atoms with van der Waals surface area (Å²) in [6.45, 7) is 7.81. The van der Waals surface area contributed by atoms with Crippen molar-refractivity contribution in [2.45, 2.75) is 20.8 Å². The van der Waals surface area contributed by atoms with Crippen LogP contribution in [0.15, 0.2) is 23.8 Å². The van der Waals surface area contributed by atoms with Gasteiger partial charge in [0.25, 0.3) is 0 Å². The molecule has 100 valence electrons. The van der Waals surface area contributed by atoms with Gasteiger partial charge in [-0.05, 0) is 20.8 Å². The summed E-state index contributed by atoms with van der Waals surface area (Å²) in [5.41, 5.74) is 5.63. The maximum atomic E-state index is 10.1. The Bertz CT molecular complexity index is 257. The van der Waals surface area contributed by atoms with Crippen LogP contribution in [0.25, 0.3) is 0 Å². The fraction of sp³-hybridized carbons (Fsp3) is 0.455. The summed E-state index contributed by atoms with van der Waals surface area (Å²) >= 11 is 0. The molecule has 0 aromatic heterocycles. The standard InChI is InChI=1S/C5H9NO.C4H6O2.C2H6O2/c1-3-4(2)5(6)7;1-3(2)4(5)6;3-1-2-4/h3H,1-2H3,(H2,6,7);1H2,2H3,(H,5,6);3-4H,1-2H2. The Morgan fingerprint density at radius 2 is 1.53 bits per heavy atom. The van der Waals surface area contributed by atoms with Crippen LogP contribution in [0.1, 0.15) is 20.8 Å². The summed E-state index contributed by atoms with van der Waals surface area (Å²) in [7, 11) is 0. The number of hydrogen-bond donors (Lipinski definition) is 4. The van der Waals surface area contributed by atoms with Crippen molar-refractivity contribution in [3.63, 3.8) is 0 Å². The van der Waals surface area contributed by atoms with Gasteiger partial charge in [-0.2, -0.15) is 0 Å². The van der Waals surface area contributed by atoms with E-state index >= 15 is 0 Å². The summed E-state index contributed by atoms with van der Waals surface area (Å²) in [4.78, 5) is 19.7. The molecule has 0 rings (SSSR count). The predicted octanol–water partition coefficient (Wildman–Crippen LogP) is 0.0560. The molecule has 0 unspecified atom stereocenters. The first-order chi connectivity index (χ1) is 7.74. The first kappa shape index (κ1) is 20.7. The van der Waals surface area contributed by atoms with Crippen molar-refractivity contribution in [3.8, 4) is 0 Å². The number of aliphatic hydroxyl groups is 2. The molecule has 0 aliphatic carbocycles. The van der Waals surface area contributed by atoms with E-state index in [1.54, 1.807) is 19.9 Å². The van der Waals surface area contributed by atoms with Gasteiger partial charge in [0.2, 0.25) is 5.91 Å². The van der Waals surface area contributed by atoms with Crippen LogP contribution in [0.4, 0.5) is 0 Å².